The van der Waals surface area contributed by atoms with Crippen LogP contribution in [0.2, 0.25) is 0 Å². The number of rotatable bonds is 13. The second-order valence-corrected chi connectivity index (χ2v) is 13.9. The van der Waals surface area contributed by atoms with Crippen LogP contribution >= 0.6 is 7.75 Å². The number of nitriles is 1. The molecule has 6 unspecified atom stereocenters. The van der Waals surface area contributed by atoms with E-state index in [0.29, 0.717) is 5.52 Å². The first-order valence-electron chi connectivity index (χ1n) is 13.3. The maximum absolute atomic E-state index is 14.1. The van der Waals surface area contributed by atoms with E-state index in [1.807, 2.05) is 0 Å². The maximum atomic E-state index is 14.1. The Hall–Kier alpha value is -3.58. The number of sulfone groups is 1. The number of nitrogens with two attached hydrogens (primary N) is 1. The molecule has 3 heterocycles. The quantitative estimate of drug-likeness (QED) is 0.179. The highest BCUT2D eigenvalue weighted by Crippen LogP contribution is 2.49. The number of benzene rings is 1. The molecule has 4 rings (SSSR count). The SMILES string of the molecule is CCOC(=O)C(CCS(C)(=O)=O)NP(=O)(OCC1OC(C#N)(c2ccc3c(N)ncnn23)C(C)C1O)Oc1ccccc1. The molecule has 0 aliphatic carbocycles. The molecule has 17 heteroatoms. The van der Waals surface area contributed by atoms with Crippen LogP contribution in [-0.4, -0.2) is 77.6 Å². The molecule has 6 atom stereocenters. The third kappa shape index (κ3) is 7.15. The first-order valence-corrected chi connectivity index (χ1v) is 16.9. The Kier molecular flexibility index (Phi) is 9.75. The lowest BCUT2D eigenvalue weighted by molar-refractivity contribution is -0.145. The van der Waals surface area contributed by atoms with Gasteiger partial charge in [0.25, 0.3) is 0 Å². The summed E-state index contributed by atoms with van der Waals surface area (Å²) in [5, 5.41) is 28.1. The molecule has 0 saturated carbocycles. The van der Waals surface area contributed by atoms with E-state index < -0.39 is 65.7 Å². The number of hydrogen-bond donors (Lipinski definition) is 3. The fraction of sp³-hybridized carbons (Fsp3) is 0.462. The van der Waals surface area contributed by atoms with Gasteiger partial charge in [0.15, 0.2) is 5.82 Å². The number of aliphatic hydroxyl groups excluding tert-OH is 1. The fourth-order valence-corrected chi connectivity index (χ4v) is 6.91. The summed E-state index contributed by atoms with van der Waals surface area (Å²) < 4.78 is 61.7. The number of nitrogens with zero attached hydrogens (tertiary/aromatic N) is 4. The lowest BCUT2D eigenvalue weighted by atomic mass is 9.85. The molecule has 1 fully saturated rings. The van der Waals surface area contributed by atoms with Crippen molar-refractivity contribution in [2.75, 3.05) is 31.0 Å². The zero-order valence-corrected chi connectivity index (χ0v) is 25.4. The van der Waals surface area contributed by atoms with Crippen LogP contribution in [0.25, 0.3) is 5.52 Å². The van der Waals surface area contributed by atoms with Crippen molar-refractivity contribution >= 4 is 34.9 Å². The Bertz CT molecular complexity index is 1650. The minimum Gasteiger partial charge on any atom is -0.465 e. The third-order valence-electron chi connectivity index (χ3n) is 6.94. The van der Waals surface area contributed by atoms with Crippen molar-refractivity contribution in [1.29, 1.82) is 5.26 Å². The molecule has 1 aliphatic heterocycles. The molecule has 0 amide bonds. The Balaban J connectivity index is 1.61. The van der Waals surface area contributed by atoms with Crippen LogP contribution < -0.4 is 15.3 Å². The number of nitrogen functional groups attached to an aromatic ring is 1. The van der Waals surface area contributed by atoms with Crippen LogP contribution in [0.5, 0.6) is 5.75 Å². The van der Waals surface area contributed by atoms with Crippen LogP contribution in [0.3, 0.4) is 0 Å². The van der Waals surface area contributed by atoms with Gasteiger partial charge < -0.3 is 24.8 Å². The van der Waals surface area contributed by atoms with E-state index in [1.54, 1.807) is 44.2 Å². The second kappa shape index (κ2) is 13.0. The standard InChI is InChI=1S/C26H33N6O9PS/c1-4-38-25(34)19(12-13-43(3,36)37)31-42(35,41-18-8-6-5-7-9-18)39-14-21-23(33)17(2)26(15-27,40-21)22-11-10-20-24(28)29-16-30-32(20)22/h5-11,16-17,19,21,23,33H,4,12-14H2,1-3H3,(H,31,35)(H2,28,29,30). The van der Waals surface area contributed by atoms with Gasteiger partial charge in [-0.2, -0.15) is 15.4 Å². The summed E-state index contributed by atoms with van der Waals surface area (Å²) in [5.74, 6) is -1.79. The van der Waals surface area contributed by atoms with Gasteiger partial charge >= 0.3 is 13.7 Å². The van der Waals surface area contributed by atoms with Crippen molar-refractivity contribution in [2.24, 2.45) is 5.92 Å². The van der Waals surface area contributed by atoms with E-state index in [2.05, 4.69) is 21.2 Å². The molecule has 1 aliphatic rings. The van der Waals surface area contributed by atoms with Gasteiger partial charge in [-0.05, 0) is 37.6 Å². The van der Waals surface area contributed by atoms with Gasteiger partial charge in [-0.3, -0.25) is 9.32 Å². The minimum absolute atomic E-state index is 0.0121. The predicted octanol–water partition coefficient (Wildman–Crippen LogP) is 1.59. The largest absolute Gasteiger partial charge is 0.465 e. The summed E-state index contributed by atoms with van der Waals surface area (Å²) in [7, 11) is -7.97. The molecule has 0 radical (unpaired) electrons. The second-order valence-electron chi connectivity index (χ2n) is 9.99. The van der Waals surface area contributed by atoms with Gasteiger partial charge in [-0.15, -0.1) is 0 Å². The van der Waals surface area contributed by atoms with Crippen molar-refractivity contribution in [2.45, 2.75) is 44.1 Å². The highest BCUT2D eigenvalue weighted by molar-refractivity contribution is 7.90. The molecule has 1 saturated heterocycles. The van der Waals surface area contributed by atoms with Gasteiger partial charge in [0.1, 0.15) is 45.6 Å². The Morgan fingerprint density at radius 2 is 2.05 bits per heavy atom. The van der Waals surface area contributed by atoms with E-state index in [9.17, 15) is 28.1 Å². The topological polar surface area (TPSA) is 217 Å². The Labute approximate surface area is 248 Å². The molecule has 0 bridgehead atoms. The molecule has 3 aromatic rings. The van der Waals surface area contributed by atoms with Crippen molar-refractivity contribution < 1.29 is 41.4 Å². The number of hydrogen-bond acceptors (Lipinski definition) is 13. The number of aromatic nitrogens is 3. The molecule has 232 valence electrons. The van der Waals surface area contributed by atoms with E-state index in [0.717, 1.165) is 6.26 Å². The number of para-hydroxylation sites is 1. The molecule has 2 aromatic heterocycles. The number of fused-ring (bicyclic) bond motifs is 1. The van der Waals surface area contributed by atoms with Crippen LogP contribution in [0.4, 0.5) is 5.82 Å². The van der Waals surface area contributed by atoms with Gasteiger partial charge in [0.05, 0.1) is 30.8 Å². The van der Waals surface area contributed by atoms with E-state index in [-0.39, 0.29) is 30.3 Å². The van der Waals surface area contributed by atoms with Crippen LogP contribution in [0.1, 0.15) is 26.0 Å². The summed E-state index contributed by atoms with van der Waals surface area (Å²) in [6.07, 6.45) is -0.527. The molecule has 1 aromatic carbocycles. The number of carbonyl (C=O) groups is 1. The average molecular weight is 637 g/mol. The first kappa shape index (κ1) is 32.3. The molecule has 0 spiro atoms. The summed E-state index contributed by atoms with van der Waals surface area (Å²) >= 11 is 0. The number of anilines is 1. The number of esters is 1. The molecule has 43 heavy (non-hydrogen) atoms. The summed E-state index contributed by atoms with van der Waals surface area (Å²) in [4.78, 5) is 16.6. The summed E-state index contributed by atoms with van der Waals surface area (Å²) in [6.45, 7) is 2.62. The van der Waals surface area contributed by atoms with Crippen LogP contribution in [0.15, 0.2) is 48.8 Å². The van der Waals surface area contributed by atoms with Gasteiger partial charge in [-0.25, -0.2) is 22.5 Å². The molecule has 15 nitrogen and oxygen atoms in total. The van der Waals surface area contributed by atoms with E-state index in [1.165, 1.54) is 23.0 Å². The van der Waals surface area contributed by atoms with Gasteiger partial charge in [-0.1, -0.05) is 25.1 Å². The normalized spacial score (nSPS) is 24.2. The van der Waals surface area contributed by atoms with E-state index in [4.69, 9.17) is 24.3 Å². The summed E-state index contributed by atoms with van der Waals surface area (Å²) in [5.41, 5.74) is 4.96. The van der Waals surface area contributed by atoms with Crippen molar-refractivity contribution in [1.82, 2.24) is 19.7 Å². The van der Waals surface area contributed by atoms with Gasteiger partial charge in [0.2, 0.25) is 5.60 Å². The minimum atomic E-state index is -4.47. The number of nitrogens with one attached hydrogen (secondary N) is 1. The summed E-state index contributed by atoms with van der Waals surface area (Å²) in [6, 6.07) is 11.9. The Morgan fingerprint density at radius 3 is 2.70 bits per heavy atom. The molecule has 4 N–H and O–H groups in total. The Morgan fingerprint density at radius 1 is 1.33 bits per heavy atom. The van der Waals surface area contributed by atoms with Crippen molar-refractivity contribution in [3.63, 3.8) is 0 Å². The lowest BCUT2D eigenvalue weighted by Gasteiger charge is -2.26. The number of ether oxygens (including phenoxy) is 2. The highest BCUT2D eigenvalue weighted by Gasteiger charge is 2.56. The smallest absolute Gasteiger partial charge is 0.459 e. The molecular formula is C26H33N6O9PS. The number of aliphatic hydroxyl groups is 1. The number of carbonyl (C=O) groups excluding carboxylic acids is 1. The van der Waals surface area contributed by atoms with Crippen LogP contribution in [0, 0.1) is 17.2 Å². The van der Waals surface area contributed by atoms with Crippen LogP contribution in [-0.2, 0) is 38.8 Å². The lowest BCUT2D eigenvalue weighted by Crippen LogP contribution is -2.40. The van der Waals surface area contributed by atoms with E-state index >= 15 is 0 Å². The van der Waals surface area contributed by atoms with Crippen molar-refractivity contribution in [3.05, 3.63) is 54.5 Å². The fourth-order valence-electron chi connectivity index (χ4n) is 4.71. The highest BCUT2D eigenvalue weighted by atomic mass is 32.2. The maximum Gasteiger partial charge on any atom is 0.459 e. The van der Waals surface area contributed by atoms with Gasteiger partial charge in [0, 0.05) is 12.2 Å². The monoisotopic (exact) mass is 636 g/mol. The predicted molar refractivity (Wildman–Crippen MR) is 153 cm³/mol. The van der Waals surface area contributed by atoms with Crippen molar-refractivity contribution in [3.8, 4) is 11.8 Å². The zero-order chi connectivity index (χ0) is 31.4. The third-order valence-corrected chi connectivity index (χ3v) is 9.49. The zero-order valence-electron chi connectivity index (χ0n) is 23.7. The first-order chi connectivity index (χ1) is 20.3. The average Bonchev–Trinajstić information content (AvgIpc) is 3.51. The molecular weight excluding hydrogens is 603 g/mol.